The van der Waals surface area contributed by atoms with Crippen molar-refractivity contribution < 1.29 is 9.59 Å². The fourth-order valence-corrected chi connectivity index (χ4v) is 2.20. The molecule has 0 unspecified atom stereocenters. The molecule has 0 saturated heterocycles. The number of alkyl halides is 1. The first kappa shape index (κ1) is 17.0. The summed E-state index contributed by atoms with van der Waals surface area (Å²) in [6.45, 7) is 0.553. The molecule has 23 heavy (non-hydrogen) atoms. The fraction of sp³-hybridized carbons (Fsp3) is 0.222. The molecule has 0 atom stereocenters. The van der Waals surface area contributed by atoms with Crippen molar-refractivity contribution in [2.45, 2.75) is 12.8 Å². The number of carbonyl (C=O) groups excluding carboxylic acids is 2. The summed E-state index contributed by atoms with van der Waals surface area (Å²) >= 11 is 5.57. The van der Waals surface area contributed by atoms with Crippen LogP contribution in [0.4, 0.5) is 5.69 Å². The molecule has 0 aliphatic heterocycles. The minimum absolute atomic E-state index is 0.0875. The molecule has 0 aromatic heterocycles. The standard InChI is InChI=1S/C18H19ClN2O2/c19-11-4-12-20-18(23)15-7-9-16(10-8-15)21-17(22)13-14-5-2-1-3-6-14/h1-3,5-10H,4,11-13H2,(H,20,23)(H,21,22). The maximum absolute atomic E-state index is 12.0. The molecule has 0 spiro atoms. The quantitative estimate of drug-likeness (QED) is 0.605. The molecule has 0 heterocycles. The number of hydrogen-bond acceptors (Lipinski definition) is 2. The molecule has 2 aromatic carbocycles. The lowest BCUT2D eigenvalue weighted by Crippen LogP contribution is -2.24. The molecule has 0 aliphatic carbocycles. The summed E-state index contributed by atoms with van der Waals surface area (Å²) in [5, 5.41) is 5.60. The van der Waals surface area contributed by atoms with Crippen LogP contribution < -0.4 is 10.6 Å². The van der Waals surface area contributed by atoms with Gasteiger partial charge >= 0.3 is 0 Å². The van der Waals surface area contributed by atoms with Crippen LogP contribution in [0.5, 0.6) is 0 Å². The second-order valence-electron chi connectivity index (χ2n) is 5.09. The highest BCUT2D eigenvalue weighted by Gasteiger charge is 2.07. The van der Waals surface area contributed by atoms with E-state index in [1.165, 1.54) is 0 Å². The molecular formula is C18H19ClN2O2. The second kappa shape index (κ2) is 8.96. The molecule has 120 valence electrons. The molecule has 2 N–H and O–H groups in total. The van der Waals surface area contributed by atoms with Gasteiger partial charge in [0.05, 0.1) is 6.42 Å². The van der Waals surface area contributed by atoms with E-state index < -0.39 is 0 Å². The van der Waals surface area contributed by atoms with E-state index in [9.17, 15) is 9.59 Å². The Morgan fingerprint density at radius 3 is 2.30 bits per heavy atom. The molecule has 4 nitrogen and oxygen atoms in total. The summed E-state index contributed by atoms with van der Waals surface area (Å²) in [7, 11) is 0. The first-order chi connectivity index (χ1) is 11.2. The zero-order valence-electron chi connectivity index (χ0n) is 12.7. The van der Waals surface area contributed by atoms with E-state index in [0.29, 0.717) is 30.1 Å². The van der Waals surface area contributed by atoms with Crippen molar-refractivity contribution in [1.82, 2.24) is 5.32 Å². The largest absolute Gasteiger partial charge is 0.352 e. The van der Waals surface area contributed by atoms with Gasteiger partial charge < -0.3 is 10.6 Å². The molecule has 5 heteroatoms. The molecular weight excluding hydrogens is 312 g/mol. The Kier molecular flexibility index (Phi) is 6.63. The predicted octanol–water partition coefficient (Wildman–Crippen LogP) is 3.23. The number of amides is 2. The van der Waals surface area contributed by atoms with Gasteiger partial charge in [0, 0.05) is 23.7 Å². The maximum Gasteiger partial charge on any atom is 0.251 e. The Morgan fingerprint density at radius 2 is 1.65 bits per heavy atom. The molecule has 0 radical (unpaired) electrons. The fourth-order valence-electron chi connectivity index (χ4n) is 2.06. The first-order valence-corrected chi connectivity index (χ1v) is 8.00. The van der Waals surface area contributed by atoms with Crippen LogP contribution in [0.25, 0.3) is 0 Å². The van der Waals surface area contributed by atoms with Gasteiger partial charge in [-0.15, -0.1) is 11.6 Å². The molecule has 0 aliphatic rings. The summed E-state index contributed by atoms with van der Waals surface area (Å²) in [5.41, 5.74) is 2.18. The van der Waals surface area contributed by atoms with E-state index >= 15 is 0 Å². The van der Waals surface area contributed by atoms with Crippen LogP contribution in [0, 0.1) is 0 Å². The van der Waals surface area contributed by atoms with Crippen LogP contribution in [0.2, 0.25) is 0 Å². The van der Waals surface area contributed by atoms with Crippen molar-refractivity contribution in [2.75, 3.05) is 17.7 Å². The zero-order valence-corrected chi connectivity index (χ0v) is 13.5. The van der Waals surface area contributed by atoms with Gasteiger partial charge in [-0.1, -0.05) is 30.3 Å². The van der Waals surface area contributed by atoms with Crippen LogP contribution in [-0.4, -0.2) is 24.2 Å². The SMILES string of the molecule is O=C(Cc1ccccc1)Nc1ccc(C(=O)NCCCCl)cc1. The minimum Gasteiger partial charge on any atom is -0.352 e. The van der Waals surface area contributed by atoms with Crippen molar-refractivity contribution in [3.05, 3.63) is 65.7 Å². The lowest BCUT2D eigenvalue weighted by molar-refractivity contribution is -0.115. The average Bonchev–Trinajstić information content (AvgIpc) is 2.56. The third kappa shape index (κ3) is 5.75. The van der Waals surface area contributed by atoms with Gasteiger partial charge in [-0.3, -0.25) is 9.59 Å². The zero-order chi connectivity index (χ0) is 16.5. The van der Waals surface area contributed by atoms with Crippen molar-refractivity contribution in [2.24, 2.45) is 0 Å². The Balaban J connectivity index is 1.87. The molecule has 2 rings (SSSR count). The van der Waals surface area contributed by atoms with Crippen LogP contribution in [-0.2, 0) is 11.2 Å². The topological polar surface area (TPSA) is 58.2 Å². The Morgan fingerprint density at radius 1 is 0.957 bits per heavy atom. The van der Waals surface area contributed by atoms with Crippen molar-refractivity contribution in [3.8, 4) is 0 Å². The number of halogens is 1. The molecule has 2 amide bonds. The van der Waals surface area contributed by atoms with Gasteiger partial charge in [-0.05, 0) is 36.2 Å². The number of hydrogen-bond donors (Lipinski definition) is 2. The molecule has 0 saturated carbocycles. The van der Waals surface area contributed by atoms with Crippen LogP contribution in [0.3, 0.4) is 0 Å². The Hall–Kier alpha value is -2.33. The number of nitrogens with one attached hydrogen (secondary N) is 2. The van der Waals surface area contributed by atoms with Crippen molar-refractivity contribution in [1.29, 1.82) is 0 Å². The number of benzene rings is 2. The van der Waals surface area contributed by atoms with Gasteiger partial charge in [-0.2, -0.15) is 0 Å². The van der Waals surface area contributed by atoms with Gasteiger partial charge in [0.1, 0.15) is 0 Å². The summed E-state index contributed by atoms with van der Waals surface area (Å²) in [6, 6.07) is 16.4. The molecule has 0 bridgehead atoms. The number of anilines is 1. The van der Waals surface area contributed by atoms with Crippen LogP contribution >= 0.6 is 11.6 Å². The van der Waals surface area contributed by atoms with E-state index in [-0.39, 0.29) is 11.8 Å². The van der Waals surface area contributed by atoms with Crippen molar-refractivity contribution >= 4 is 29.1 Å². The Bertz CT molecular complexity index is 642. The maximum atomic E-state index is 12.0. The van der Waals surface area contributed by atoms with Gasteiger partial charge in [0.25, 0.3) is 5.91 Å². The molecule has 2 aromatic rings. The van der Waals surface area contributed by atoms with Crippen molar-refractivity contribution in [3.63, 3.8) is 0 Å². The highest BCUT2D eigenvalue weighted by Crippen LogP contribution is 2.10. The predicted molar refractivity (Wildman–Crippen MR) is 92.9 cm³/mol. The number of rotatable bonds is 7. The van der Waals surface area contributed by atoms with E-state index in [4.69, 9.17) is 11.6 Å². The third-order valence-corrected chi connectivity index (χ3v) is 3.50. The van der Waals surface area contributed by atoms with Crippen LogP contribution in [0.1, 0.15) is 22.3 Å². The summed E-state index contributed by atoms with van der Waals surface area (Å²) < 4.78 is 0. The highest BCUT2D eigenvalue weighted by atomic mass is 35.5. The summed E-state index contributed by atoms with van der Waals surface area (Å²) in [5.74, 6) is 0.292. The third-order valence-electron chi connectivity index (χ3n) is 3.23. The number of carbonyl (C=O) groups is 2. The van der Waals surface area contributed by atoms with E-state index in [1.807, 2.05) is 30.3 Å². The van der Waals surface area contributed by atoms with Gasteiger partial charge in [0.15, 0.2) is 0 Å². The van der Waals surface area contributed by atoms with E-state index in [2.05, 4.69) is 10.6 Å². The van der Waals surface area contributed by atoms with Gasteiger partial charge in [0.2, 0.25) is 5.91 Å². The first-order valence-electron chi connectivity index (χ1n) is 7.47. The van der Waals surface area contributed by atoms with E-state index in [0.717, 1.165) is 12.0 Å². The summed E-state index contributed by atoms with van der Waals surface area (Å²) in [6.07, 6.45) is 1.06. The minimum atomic E-state index is -0.141. The lowest BCUT2D eigenvalue weighted by atomic mass is 10.1. The monoisotopic (exact) mass is 330 g/mol. The van der Waals surface area contributed by atoms with Crippen LogP contribution in [0.15, 0.2) is 54.6 Å². The van der Waals surface area contributed by atoms with E-state index in [1.54, 1.807) is 24.3 Å². The smallest absolute Gasteiger partial charge is 0.251 e. The molecule has 0 fully saturated rings. The normalized spacial score (nSPS) is 10.1. The second-order valence-corrected chi connectivity index (χ2v) is 5.46. The average molecular weight is 331 g/mol. The lowest BCUT2D eigenvalue weighted by Gasteiger charge is -2.07. The highest BCUT2D eigenvalue weighted by molar-refractivity contribution is 6.17. The summed E-state index contributed by atoms with van der Waals surface area (Å²) in [4.78, 5) is 23.8. The Labute approximate surface area is 140 Å². The van der Waals surface area contributed by atoms with Gasteiger partial charge in [-0.25, -0.2) is 0 Å².